The summed E-state index contributed by atoms with van der Waals surface area (Å²) >= 11 is 3.46. The molecule has 0 bridgehead atoms. The average molecular weight is 335 g/mol. The highest BCUT2D eigenvalue weighted by atomic mass is 79.9. The number of hydrogen-bond acceptors (Lipinski definition) is 3. The molecule has 1 atom stereocenters. The summed E-state index contributed by atoms with van der Waals surface area (Å²) in [5, 5.41) is 8.94. The third-order valence-electron chi connectivity index (χ3n) is 3.88. The molecule has 1 unspecified atom stereocenters. The summed E-state index contributed by atoms with van der Waals surface area (Å²) in [6, 6.07) is 5.90. The first kappa shape index (κ1) is 15.1. The zero-order chi connectivity index (χ0) is 14.6. The normalized spacial score (nSPS) is 23.0. The van der Waals surface area contributed by atoms with Crippen molar-refractivity contribution in [1.82, 2.24) is 0 Å². The van der Waals surface area contributed by atoms with Crippen molar-refractivity contribution in [3.8, 4) is 11.9 Å². The van der Waals surface area contributed by atoms with Gasteiger partial charge in [0.15, 0.2) is 0 Å². The Morgan fingerprint density at radius 1 is 1.45 bits per heavy atom. The van der Waals surface area contributed by atoms with Crippen molar-refractivity contribution in [1.29, 1.82) is 5.26 Å². The lowest BCUT2D eigenvalue weighted by atomic mass is 9.83. The van der Waals surface area contributed by atoms with Gasteiger partial charge in [0.2, 0.25) is 6.19 Å². The minimum absolute atomic E-state index is 0.216. The Kier molecular flexibility index (Phi) is 4.82. The van der Waals surface area contributed by atoms with E-state index < -0.39 is 0 Å². The van der Waals surface area contributed by atoms with E-state index in [0.717, 1.165) is 47.2 Å². The summed E-state index contributed by atoms with van der Waals surface area (Å²) < 4.78 is 7.27. The van der Waals surface area contributed by atoms with Crippen LogP contribution in [-0.2, 0) is 0 Å². The fraction of sp³-hybridized carbons (Fsp3) is 0.500. The van der Waals surface area contributed by atoms with E-state index in [2.05, 4.69) is 34.8 Å². The van der Waals surface area contributed by atoms with Crippen LogP contribution in [0.3, 0.4) is 0 Å². The van der Waals surface area contributed by atoms with Crippen LogP contribution in [0.2, 0.25) is 0 Å². The highest BCUT2D eigenvalue weighted by Gasteiger charge is 2.37. The molecular weight excluding hydrogens is 316 g/mol. The van der Waals surface area contributed by atoms with Gasteiger partial charge < -0.3 is 4.74 Å². The zero-order valence-electron chi connectivity index (χ0n) is 11.9. The molecule has 0 aliphatic carbocycles. The Morgan fingerprint density at radius 3 is 2.90 bits per heavy atom. The van der Waals surface area contributed by atoms with Gasteiger partial charge in [0.1, 0.15) is 11.4 Å². The van der Waals surface area contributed by atoms with Crippen LogP contribution in [0.15, 0.2) is 27.7 Å². The number of benzene rings is 1. The fourth-order valence-electron chi connectivity index (χ4n) is 2.66. The van der Waals surface area contributed by atoms with Crippen LogP contribution in [0.1, 0.15) is 51.5 Å². The molecule has 0 fully saturated rings. The summed E-state index contributed by atoms with van der Waals surface area (Å²) in [6.45, 7) is 4.32. The smallest absolute Gasteiger partial charge is 0.205 e. The Balaban J connectivity index is 2.43. The monoisotopic (exact) mass is 334 g/mol. The van der Waals surface area contributed by atoms with Gasteiger partial charge in [0, 0.05) is 16.5 Å². The molecule has 0 N–H and O–H groups in total. The summed E-state index contributed by atoms with van der Waals surface area (Å²) in [5.41, 5.74) is 1.56. The average Bonchev–Trinajstić information content (AvgIpc) is 2.46. The number of unbranched alkanes of at least 4 members (excludes halogenated alkanes) is 1. The molecular formula is C16H19BrN2O. The SMILES string of the molecule is CCCCC1(CC)C/C(=N\C#N)c2cc(Br)ccc2O1. The number of hydrogen-bond donors (Lipinski definition) is 0. The molecule has 1 heterocycles. The Morgan fingerprint density at radius 2 is 2.25 bits per heavy atom. The van der Waals surface area contributed by atoms with Crippen molar-refractivity contribution in [2.45, 2.75) is 51.6 Å². The molecule has 0 spiro atoms. The van der Waals surface area contributed by atoms with Gasteiger partial charge in [-0.2, -0.15) is 10.3 Å². The first-order valence-electron chi connectivity index (χ1n) is 7.08. The van der Waals surface area contributed by atoms with E-state index in [4.69, 9.17) is 10.00 Å². The molecule has 106 valence electrons. The van der Waals surface area contributed by atoms with E-state index in [1.54, 1.807) is 0 Å². The van der Waals surface area contributed by atoms with E-state index in [-0.39, 0.29) is 5.60 Å². The fourth-order valence-corrected chi connectivity index (χ4v) is 3.02. The minimum Gasteiger partial charge on any atom is -0.486 e. The molecule has 1 aromatic rings. The molecule has 4 heteroatoms. The van der Waals surface area contributed by atoms with Crippen LogP contribution >= 0.6 is 15.9 Å². The summed E-state index contributed by atoms with van der Waals surface area (Å²) in [5.74, 6) is 0.839. The number of aliphatic imine (C=N–C) groups is 1. The maximum absolute atomic E-state index is 8.94. The molecule has 0 amide bonds. The van der Waals surface area contributed by atoms with Crippen LogP contribution in [0.5, 0.6) is 5.75 Å². The van der Waals surface area contributed by atoms with Gasteiger partial charge in [-0.1, -0.05) is 36.2 Å². The zero-order valence-corrected chi connectivity index (χ0v) is 13.5. The van der Waals surface area contributed by atoms with Gasteiger partial charge in [0.05, 0.1) is 5.71 Å². The molecule has 0 aromatic heterocycles. The second-order valence-corrected chi connectivity index (χ2v) is 6.13. The van der Waals surface area contributed by atoms with Crippen molar-refractivity contribution in [2.24, 2.45) is 4.99 Å². The molecule has 2 rings (SSSR count). The Hall–Kier alpha value is -1.34. The van der Waals surface area contributed by atoms with E-state index >= 15 is 0 Å². The highest BCUT2D eigenvalue weighted by Crippen LogP contribution is 2.39. The Bertz CT molecular complexity index is 562. The molecule has 1 aromatic carbocycles. The lowest BCUT2D eigenvalue weighted by Crippen LogP contribution is -2.41. The number of fused-ring (bicyclic) bond motifs is 1. The quantitative estimate of drug-likeness (QED) is 0.739. The maximum atomic E-state index is 8.94. The topological polar surface area (TPSA) is 45.4 Å². The van der Waals surface area contributed by atoms with Gasteiger partial charge in [0.25, 0.3) is 0 Å². The predicted octanol–water partition coefficient (Wildman–Crippen LogP) is 4.84. The lowest BCUT2D eigenvalue weighted by molar-refractivity contribution is 0.0547. The molecule has 3 nitrogen and oxygen atoms in total. The summed E-state index contributed by atoms with van der Waals surface area (Å²) in [6.07, 6.45) is 6.83. The molecule has 0 radical (unpaired) electrons. The molecule has 0 saturated heterocycles. The lowest BCUT2D eigenvalue weighted by Gasteiger charge is -2.38. The molecule has 0 saturated carbocycles. The number of nitrogens with zero attached hydrogens (tertiary/aromatic N) is 2. The van der Waals surface area contributed by atoms with Crippen LogP contribution in [-0.4, -0.2) is 11.3 Å². The number of ether oxygens (including phenoxy) is 1. The van der Waals surface area contributed by atoms with Crippen LogP contribution in [0.4, 0.5) is 0 Å². The Labute approximate surface area is 128 Å². The number of nitriles is 1. The van der Waals surface area contributed by atoms with E-state index in [1.807, 2.05) is 24.4 Å². The maximum Gasteiger partial charge on any atom is 0.205 e. The second kappa shape index (κ2) is 6.41. The molecule has 1 aliphatic rings. The first-order chi connectivity index (χ1) is 9.64. The van der Waals surface area contributed by atoms with Gasteiger partial charge in [-0.05, 0) is 37.5 Å². The minimum atomic E-state index is -0.216. The van der Waals surface area contributed by atoms with Crippen molar-refractivity contribution in [3.63, 3.8) is 0 Å². The largest absolute Gasteiger partial charge is 0.486 e. The van der Waals surface area contributed by atoms with E-state index in [1.165, 1.54) is 0 Å². The van der Waals surface area contributed by atoms with E-state index in [9.17, 15) is 0 Å². The van der Waals surface area contributed by atoms with Gasteiger partial charge in [-0.25, -0.2) is 0 Å². The highest BCUT2D eigenvalue weighted by molar-refractivity contribution is 9.10. The number of rotatable bonds is 4. The molecule has 20 heavy (non-hydrogen) atoms. The van der Waals surface area contributed by atoms with Crippen molar-refractivity contribution < 1.29 is 4.74 Å². The van der Waals surface area contributed by atoms with Crippen LogP contribution in [0.25, 0.3) is 0 Å². The second-order valence-electron chi connectivity index (χ2n) is 5.22. The van der Waals surface area contributed by atoms with Crippen molar-refractivity contribution in [2.75, 3.05) is 0 Å². The van der Waals surface area contributed by atoms with E-state index in [0.29, 0.717) is 6.42 Å². The van der Waals surface area contributed by atoms with Crippen LogP contribution < -0.4 is 4.74 Å². The first-order valence-corrected chi connectivity index (χ1v) is 7.88. The summed E-state index contributed by atoms with van der Waals surface area (Å²) in [4.78, 5) is 4.04. The van der Waals surface area contributed by atoms with Gasteiger partial charge in [-0.3, -0.25) is 0 Å². The predicted molar refractivity (Wildman–Crippen MR) is 84.1 cm³/mol. The van der Waals surface area contributed by atoms with Crippen LogP contribution in [0, 0.1) is 11.5 Å². The summed E-state index contributed by atoms with van der Waals surface area (Å²) in [7, 11) is 0. The van der Waals surface area contributed by atoms with Crippen molar-refractivity contribution in [3.05, 3.63) is 28.2 Å². The number of halogens is 1. The standard InChI is InChI=1S/C16H19BrN2O/c1-3-5-8-16(4-2)10-14(19-11-18)13-9-12(17)6-7-15(13)20-16/h6-7,9H,3-5,8,10H2,1-2H3/b19-14+. The third-order valence-corrected chi connectivity index (χ3v) is 4.38. The van der Waals surface area contributed by atoms with Gasteiger partial charge in [-0.15, -0.1) is 0 Å². The van der Waals surface area contributed by atoms with Gasteiger partial charge >= 0.3 is 0 Å². The third kappa shape index (κ3) is 3.04. The molecule has 1 aliphatic heterocycles. The van der Waals surface area contributed by atoms with Crippen molar-refractivity contribution >= 4 is 21.6 Å².